The molecule has 0 amide bonds. The van der Waals surface area contributed by atoms with Crippen molar-refractivity contribution in [2.45, 2.75) is 29.1 Å². The van der Waals surface area contributed by atoms with E-state index in [-0.39, 0.29) is 104 Å². The Hall–Kier alpha value is -2.47. The van der Waals surface area contributed by atoms with Gasteiger partial charge in [-0.2, -0.15) is 0 Å². The smallest absolute Gasteiger partial charge is 0.148 e. The zero-order valence-corrected chi connectivity index (χ0v) is 52.0. The molecule has 25 heteroatoms. The monoisotopic (exact) mass is 1450 g/mol. The molecule has 8 rings (SSSR count). The van der Waals surface area contributed by atoms with Gasteiger partial charge in [-0.3, -0.25) is 0 Å². The summed E-state index contributed by atoms with van der Waals surface area (Å²) in [6.07, 6.45) is 0.644. The van der Waals surface area contributed by atoms with Crippen molar-refractivity contribution in [1.29, 1.82) is 0 Å². The molecule has 8 aromatic rings. The third-order valence-corrected chi connectivity index (χ3v) is 16.5. The Kier molecular flexibility index (Phi) is 24.4. The second-order valence-electron chi connectivity index (χ2n) is 15.4. The maximum absolute atomic E-state index is 10.0. The van der Waals surface area contributed by atoms with Crippen LogP contribution in [-0.2, 0) is 19.3 Å². The highest BCUT2D eigenvalue weighted by Crippen LogP contribution is 2.47. The molecule has 0 aliphatic rings. The number of hydrogen-bond acceptors (Lipinski definition) is 9. The van der Waals surface area contributed by atoms with Crippen molar-refractivity contribution in [3.63, 3.8) is 0 Å². The summed E-state index contributed by atoms with van der Waals surface area (Å²) in [5.74, 6) is -0.254. The molecule has 0 unspecified atom stereocenters. The molecule has 8 N–H and O–H groups in total. The standard InChI is InChI=1S/C13H8Br2Cl2O2.C13H6Cl6O2.C13H10Cl2O2.C12H6Cl4O2S/c14-10-4-8(16)2-6(12(10)18)1-7-3-9(17)5-11(15)13(7)19;14-6-2-8(16)12(20)4(10(6)18)1-5-11(19)7(15)3-9(17)13(5)21;14-10-1-3-12(16)8(6-10)5-9-7-11(15)2-4-13(9)17;13-5-1-7(15)11(17)9(3-5)19-10-4-6(14)2-8(16)12(10)18/h2-5,18-19H,1H2;2-3,20-21H,1H2;1-4,6-7,16-17H,5H2;1-4,17-18H. The number of halogens is 16. The molecule has 0 radical (unpaired) electrons. The number of rotatable bonds is 8. The van der Waals surface area contributed by atoms with Gasteiger partial charge in [-0.1, -0.05) is 174 Å². The first-order chi connectivity index (χ1) is 35.6. The summed E-state index contributed by atoms with van der Waals surface area (Å²) in [6, 6.07) is 24.6. The molecular formula is C51H30Br2Cl14O8S. The van der Waals surface area contributed by atoms with Crippen LogP contribution in [0.2, 0.25) is 70.3 Å². The largest absolute Gasteiger partial charge is 0.508 e. The predicted molar refractivity (Wildman–Crippen MR) is 323 cm³/mol. The Balaban J connectivity index is 0.000000188. The van der Waals surface area contributed by atoms with Gasteiger partial charge in [-0.15, -0.1) is 0 Å². The van der Waals surface area contributed by atoms with E-state index in [2.05, 4.69) is 31.9 Å². The highest BCUT2D eigenvalue weighted by Gasteiger charge is 2.22. The fraction of sp³-hybridized carbons (Fsp3) is 0.0588. The fourth-order valence-electron chi connectivity index (χ4n) is 6.44. The van der Waals surface area contributed by atoms with Gasteiger partial charge < -0.3 is 40.9 Å². The van der Waals surface area contributed by atoms with Crippen LogP contribution in [-0.4, -0.2) is 40.9 Å². The van der Waals surface area contributed by atoms with Crippen LogP contribution >= 0.6 is 206 Å². The van der Waals surface area contributed by atoms with Crippen molar-refractivity contribution in [3.05, 3.63) is 210 Å². The van der Waals surface area contributed by atoms with Crippen molar-refractivity contribution in [2.75, 3.05) is 0 Å². The third kappa shape index (κ3) is 17.3. The molecule has 8 aromatic carbocycles. The molecule has 0 saturated carbocycles. The zero-order chi connectivity index (χ0) is 56.6. The number of phenols is 8. The van der Waals surface area contributed by atoms with Crippen molar-refractivity contribution in [2.24, 2.45) is 0 Å². The van der Waals surface area contributed by atoms with Crippen molar-refractivity contribution >= 4 is 206 Å². The van der Waals surface area contributed by atoms with Gasteiger partial charge in [0, 0.05) is 71.7 Å². The molecule has 0 bridgehead atoms. The summed E-state index contributed by atoms with van der Waals surface area (Å²) in [5.41, 5.74) is 2.92. The lowest BCUT2D eigenvalue weighted by Crippen LogP contribution is -1.95. The molecule has 8 nitrogen and oxygen atoms in total. The van der Waals surface area contributed by atoms with Gasteiger partial charge in [-0.05, 0) is 140 Å². The van der Waals surface area contributed by atoms with Crippen molar-refractivity contribution < 1.29 is 40.9 Å². The van der Waals surface area contributed by atoms with Crippen molar-refractivity contribution in [3.8, 4) is 46.0 Å². The lowest BCUT2D eigenvalue weighted by Gasteiger charge is -2.14. The summed E-state index contributed by atoms with van der Waals surface area (Å²) < 4.78 is 1.02. The Morgan fingerprint density at radius 2 is 0.618 bits per heavy atom. The van der Waals surface area contributed by atoms with Crippen LogP contribution < -0.4 is 0 Å². The molecule has 400 valence electrons. The van der Waals surface area contributed by atoms with E-state index >= 15 is 0 Å². The minimum Gasteiger partial charge on any atom is -0.508 e. The molecule has 0 heterocycles. The molecule has 0 aliphatic heterocycles. The van der Waals surface area contributed by atoms with E-state index < -0.39 is 0 Å². The zero-order valence-electron chi connectivity index (χ0n) is 37.4. The minimum absolute atomic E-state index is 0.0307. The summed E-state index contributed by atoms with van der Waals surface area (Å²) in [5, 5.41) is 82.8. The first-order valence-electron chi connectivity index (χ1n) is 20.6. The molecule has 0 aromatic heterocycles. The van der Waals surface area contributed by atoms with Gasteiger partial charge in [0.25, 0.3) is 0 Å². The molecule has 0 aliphatic carbocycles. The average molecular weight is 1460 g/mol. The fourth-order valence-corrected chi connectivity index (χ4v) is 12.3. The lowest BCUT2D eigenvalue weighted by atomic mass is 10.0. The first kappa shape index (κ1) is 64.4. The number of hydrogen-bond donors (Lipinski definition) is 8. The molecule has 0 saturated heterocycles. The van der Waals surface area contributed by atoms with E-state index in [1.165, 1.54) is 48.5 Å². The Morgan fingerprint density at radius 3 is 0.987 bits per heavy atom. The Labute approximate surface area is 525 Å². The van der Waals surface area contributed by atoms with E-state index in [9.17, 15) is 40.9 Å². The van der Waals surface area contributed by atoms with E-state index in [0.717, 1.165) is 11.8 Å². The highest BCUT2D eigenvalue weighted by molar-refractivity contribution is 9.11. The summed E-state index contributed by atoms with van der Waals surface area (Å²) in [7, 11) is 0. The quantitative estimate of drug-likeness (QED) is 0.0693. The van der Waals surface area contributed by atoms with Crippen LogP contribution in [0, 0.1) is 0 Å². The second kappa shape index (κ2) is 28.8. The molecule has 76 heavy (non-hydrogen) atoms. The van der Waals surface area contributed by atoms with Crippen LogP contribution in [0.15, 0.2) is 116 Å². The summed E-state index contributed by atoms with van der Waals surface area (Å²) >= 11 is 90.2. The number of aromatic hydroxyl groups is 8. The normalized spacial score (nSPS) is 10.7. The van der Waals surface area contributed by atoms with Crippen LogP contribution in [0.1, 0.15) is 33.4 Å². The van der Waals surface area contributed by atoms with Gasteiger partial charge in [0.15, 0.2) is 0 Å². The van der Waals surface area contributed by atoms with Crippen LogP contribution in [0.3, 0.4) is 0 Å². The van der Waals surface area contributed by atoms with Crippen LogP contribution in [0.5, 0.6) is 46.0 Å². The van der Waals surface area contributed by atoms with Gasteiger partial charge in [0.1, 0.15) is 46.0 Å². The maximum atomic E-state index is 10.0. The first-order valence-corrected chi connectivity index (χ1v) is 28.3. The van der Waals surface area contributed by atoms with Gasteiger partial charge in [-0.25, -0.2) is 0 Å². The minimum atomic E-state index is -0.252. The third-order valence-electron chi connectivity index (χ3n) is 10.1. The van der Waals surface area contributed by atoms with Crippen LogP contribution in [0.25, 0.3) is 0 Å². The average Bonchev–Trinajstić information content (AvgIpc) is 3.34. The second-order valence-corrected chi connectivity index (χ2v) is 24.0. The Bertz CT molecular complexity index is 3100. The SMILES string of the molecule is Oc1c(Br)cc(Cl)cc1Cc1cc(Cl)cc(Br)c1O.Oc1c(Cl)cc(Cl)c(Cl)c1Cc1c(O)c(Cl)cc(Cl)c1Cl.Oc1c(Cl)cc(Cl)cc1Sc1cc(Cl)cc(Cl)c1O.Oc1ccc(Cl)cc1Cc1cc(Cl)ccc1O. The van der Waals surface area contributed by atoms with Crippen molar-refractivity contribution in [1.82, 2.24) is 0 Å². The number of phenolic OH excluding ortho intramolecular Hbond substituents is 8. The molecular weight excluding hydrogens is 1430 g/mol. The van der Waals surface area contributed by atoms with E-state index in [1.54, 1.807) is 48.5 Å². The van der Waals surface area contributed by atoms with E-state index in [4.69, 9.17) is 162 Å². The topological polar surface area (TPSA) is 162 Å². The van der Waals surface area contributed by atoms with E-state index in [1.807, 2.05) is 0 Å². The number of benzene rings is 8. The van der Waals surface area contributed by atoms with Gasteiger partial charge in [0.05, 0.1) is 58.9 Å². The summed E-state index contributed by atoms with van der Waals surface area (Å²) in [4.78, 5) is 0.789. The maximum Gasteiger partial charge on any atom is 0.148 e. The van der Waals surface area contributed by atoms with Crippen LogP contribution in [0.4, 0.5) is 0 Å². The predicted octanol–water partition coefficient (Wildman–Crippen LogP) is 22.0. The molecule has 0 fully saturated rings. The molecule has 0 spiro atoms. The van der Waals surface area contributed by atoms with E-state index in [0.29, 0.717) is 84.0 Å². The molecule has 0 atom stereocenters. The highest BCUT2D eigenvalue weighted by atomic mass is 79.9. The lowest BCUT2D eigenvalue weighted by molar-refractivity contribution is 0.458. The van der Waals surface area contributed by atoms with Gasteiger partial charge in [0.2, 0.25) is 0 Å². The summed E-state index contributed by atoms with van der Waals surface area (Å²) in [6.45, 7) is 0. The Morgan fingerprint density at radius 1 is 0.303 bits per heavy atom. The van der Waals surface area contributed by atoms with Gasteiger partial charge >= 0.3 is 0 Å².